The first-order chi connectivity index (χ1) is 8.98. The van der Waals surface area contributed by atoms with Crippen molar-refractivity contribution in [1.29, 1.82) is 0 Å². The number of hydrogen-bond donors (Lipinski definition) is 0. The largest absolute Gasteiger partial charge is 0.413 e. The van der Waals surface area contributed by atoms with E-state index in [-0.39, 0.29) is 5.04 Å². The topological polar surface area (TPSA) is 9.23 Å². The highest BCUT2D eigenvalue weighted by Gasteiger charge is 2.38. The Morgan fingerprint density at radius 1 is 1.05 bits per heavy atom. The number of hydrogen-bond acceptors (Lipinski definition) is 1. The fourth-order valence-corrected chi connectivity index (χ4v) is 4.70. The number of rotatable bonds is 5. The third-order valence-electron chi connectivity index (χ3n) is 4.79. The van der Waals surface area contributed by atoms with Crippen LogP contribution in [0.15, 0.2) is 42.1 Å². The summed E-state index contributed by atoms with van der Waals surface area (Å²) in [5.41, 5.74) is 0. The summed E-state index contributed by atoms with van der Waals surface area (Å²) in [6, 6.07) is 10.8. The lowest BCUT2D eigenvalue weighted by Gasteiger charge is -2.37. The molecule has 0 amide bonds. The van der Waals surface area contributed by atoms with Crippen LogP contribution < -0.4 is 5.19 Å². The lowest BCUT2D eigenvalue weighted by molar-refractivity contribution is 0.324. The van der Waals surface area contributed by atoms with Crippen LogP contribution in [0.1, 0.15) is 20.8 Å². The summed E-state index contributed by atoms with van der Waals surface area (Å²) in [7, 11) is -3.32. The molecule has 3 heteroatoms. The van der Waals surface area contributed by atoms with Crippen LogP contribution in [0.25, 0.3) is 0 Å². The number of benzene rings is 1. The van der Waals surface area contributed by atoms with E-state index in [0.717, 1.165) is 0 Å². The van der Waals surface area contributed by atoms with E-state index in [9.17, 15) is 0 Å². The van der Waals surface area contributed by atoms with Crippen molar-refractivity contribution < 1.29 is 4.43 Å². The Bertz CT molecular complexity index is 456. The highest BCUT2D eigenvalue weighted by atomic mass is 28.4. The van der Waals surface area contributed by atoms with Crippen molar-refractivity contribution >= 4 is 21.6 Å². The van der Waals surface area contributed by atoms with Crippen LogP contribution in [0.5, 0.6) is 0 Å². The van der Waals surface area contributed by atoms with Gasteiger partial charge in [0.1, 0.15) is 8.07 Å². The molecule has 0 unspecified atom stereocenters. The molecule has 0 aliphatic carbocycles. The maximum atomic E-state index is 6.34. The zero-order valence-electron chi connectivity index (χ0n) is 14.2. The zero-order chi connectivity index (χ0) is 15.6. The van der Waals surface area contributed by atoms with Gasteiger partial charge in [-0.05, 0) is 18.1 Å². The van der Waals surface area contributed by atoms with E-state index in [1.54, 1.807) is 0 Å². The molecule has 0 radical (unpaired) electrons. The van der Waals surface area contributed by atoms with Crippen LogP contribution in [0.4, 0.5) is 0 Å². The molecule has 0 aliphatic heterocycles. The normalized spacial score (nSPS) is 13.3. The van der Waals surface area contributed by atoms with Crippen molar-refractivity contribution in [2.24, 2.45) is 0 Å². The summed E-state index contributed by atoms with van der Waals surface area (Å²) in [6.45, 7) is 21.2. The van der Waals surface area contributed by atoms with Gasteiger partial charge in [0.25, 0.3) is 0 Å². The van der Waals surface area contributed by atoms with E-state index < -0.39 is 16.4 Å². The van der Waals surface area contributed by atoms with Gasteiger partial charge in [-0.3, -0.25) is 0 Å². The van der Waals surface area contributed by atoms with E-state index >= 15 is 0 Å². The molecule has 0 saturated carbocycles. The summed E-state index contributed by atoms with van der Waals surface area (Å²) in [4.78, 5) is 0. The molecule has 1 nitrogen and oxygen atoms in total. The fourth-order valence-electron chi connectivity index (χ4n) is 1.72. The molecule has 0 bridgehead atoms. The van der Waals surface area contributed by atoms with E-state index in [2.05, 4.69) is 83.9 Å². The molecular formula is C17H30OSi2. The second kappa shape index (κ2) is 6.00. The highest BCUT2D eigenvalue weighted by molar-refractivity contribution is 6.95. The van der Waals surface area contributed by atoms with Crippen LogP contribution in [0, 0.1) is 0 Å². The molecule has 0 atom stereocenters. The first-order valence-corrected chi connectivity index (χ1v) is 13.3. The average Bonchev–Trinajstić information content (AvgIpc) is 2.35. The second-order valence-electron chi connectivity index (χ2n) is 7.64. The molecule has 0 fully saturated rings. The summed E-state index contributed by atoms with van der Waals surface area (Å²) in [5.74, 6) is 0. The summed E-state index contributed by atoms with van der Waals surface area (Å²) in [5, 5.41) is 2.98. The highest BCUT2D eigenvalue weighted by Crippen LogP contribution is 2.37. The molecule has 0 aromatic heterocycles. The van der Waals surface area contributed by atoms with Crippen molar-refractivity contribution in [2.45, 2.75) is 52.0 Å². The van der Waals surface area contributed by atoms with Crippen LogP contribution >= 0.6 is 0 Å². The van der Waals surface area contributed by atoms with Crippen molar-refractivity contribution in [3.8, 4) is 0 Å². The summed E-state index contributed by atoms with van der Waals surface area (Å²) in [6.07, 6.45) is 0. The SMILES string of the molecule is C=C(CO[Si](C)(C)C(C)(C)C)[Si](C)(C)c1ccccc1. The van der Waals surface area contributed by atoms with Gasteiger partial charge in [-0.15, -0.1) is 6.58 Å². The molecule has 112 valence electrons. The van der Waals surface area contributed by atoms with Gasteiger partial charge in [0.05, 0.1) is 6.61 Å². The first kappa shape index (κ1) is 17.4. The van der Waals surface area contributed by atoms with Gasteiger partial charge in [-0.25, -0.2) is 0 Å². The predicted molar refractivity (Wildman–Crippen MR) is 95.8 cm³/mol. The molecular weight excluding hydrogens is 276 g/mol. The van der Waals surface area contributed by atoms with Crippen LogP contribution in [-0.4, -0.2) is 23.0 Å². The molecule has 20 heavy (non-hydrogen) atoms. The molecule has 1 aromatic rings. The standard InChI is InChI=1S/C17H30OSi2/c1-15(14-18-20(7,8)17(2,3)4)19(5,6)16-12-10-9-11-13-16/h9-13H,1,14H2,2-8H3. The Labute approximate surface area is 127 Å². The van der Waals surface area contributed by atoms with E-state index in [1.165, 1.54) is 10.4 Å². The molecule has 0 N–H and O–H groups in total. The van der Waals surface area contributed by atoms with Gasteiger partial charge < -0.3 is 4.43 Å². The summed E-state index contributed by atoms with van der Waals surface area (Å²) < 4.78 is 6.34. The lowest BCUT2D eigenvalue weighted by atomic mass is 10.2. The predicted octanol–water partition coefficient (Wildman–Crippen LogP) is 4.72. The fraction of sp³-hybridized carbons (Fsp3) is 0.529. The van der Waals surface area contributed by atoms with Gasteiger partial charge in [0.15, 0.2) is 8.32 Å². The monoisotopic (exact) mass is 306 g/mol. The Hall–Kier alpha value is -0.646. The molecule has 0 saturated heterocycles. The van der Waals surface area contributed by atoms with Gasteiger partial charge in [-0.2, -0.15) is 0 Å². The summed E-state index contributed by atoms with van der Waals surface area (Å²) >= 11 is 0. The maximum Gasteiger partial charge on any atom is 0.192 e. The third kappa shape index (κ3) is 3.93. The lowest BCUT2D eigenvalue weighted by Crippen LogP contribution is -2.47. The Kier molecular flexibility index (Phi) is 5.22. The maximum absolute atomic E-state index is 6.34. The minimum absolute atomic E-state index is 0.256. The van der Waals surface area contributed by atoms with Crippen LogP contribution in [-0.2, 0) is 4.43 Å². The minimum atomic E-state index is -1.69. The van der Waals surface area contributed by atoms with Crippen molar-refractivity contribution in [2.75, 3.05) is 6.61 Å². The van der Waals surface area contributed by atoms with Crippen LogP contribution in [0.3, 0.4) is 0 Å². The van der Waals surface area contributed by atoms with Gasteiger partial charge in [0, 0.05) is 0 Å². The average molecular weight is 307 g/mol. The van der Waals surface area contributed by atoms with Gasteiger partial charge in [0.2, 0.25) is 0 Å². The third-order valence-corrected chi connectivity index (χ3v) is 13.0. The van der Waals surface area contributed by atoms with Crippen molar-refractivity contribution in [3.05, 3.63) is 42.1 Å². The van der Waals surface area contributed by atoms with Gasteiger partial charge >= 0.3 is 0 Å². The van der Waals surface area contributed by atoms with Crippen molar-refractivity contribution in [3.63, 3.8) is 0 Å². The van der Waals surface area contributed by atoms with E-state index in [1.807, 2.05) is 0 Å². The Morgan fingerprint density at radius 2 is 1.55 bits per heavy atom. The molecule has 0 spiro atoms. The van der Waals surface area contributed by atoms with E-state index in [0.29, 0.717) is 6.61 Å². The van der Waals surface area contributed by atoms with E-state index in [4.69, 9.17) is 4.43 Å². The van der Waals surface area contributed by atoms with Crippen LogP contribution in [0.2, 0.25) is 31.2 Å². The Morgan fingerprint density at radius 3 is 2.00 bits per heavy atom. The molecule has 0 heterocycles. The molecule has 1 aromatic carbocycles. The molecule has 1 rings (SSSR count). The zero-order valence-corrected chi connectivity index (χ0v) is 16.2. The smallest absolute Gasteiger partial charge is 0.192 e. The quantitative estimate of drug-likeness (QED) is 0.715. The Balaban J connectivity index is 2.77. The van der Waals surface area contributed by atoms with Gasteiger partial charge in [-0.1, -0.05) is 74.6 Å². The van der Waals surface area contributed by atoms with Crippen molar-refractivity contribution in [1.82, 2.24) is 0 Å². The second-order valence-corrected chi connectivity index (χ2v) is 17.0. The first-order valence-electron chi connectivity index (χ1n) is 7.36. The minimum Gasteiger partial charge on any atom is -0.413 e. The molecule has 0 aliphatic rings.